The number of hydrogen-bond donors (Lipinski definition) is 1. The molecule has 0 aliphatic carbocycles. The lowest BCUT2D eigenvalue weighted by Gasteiger charge is -2.07. The average Bonchev–Trinajstić information content (AvgIpc) is 2.84. The molecule has 0 unspecified atom stereocenters. The van der Waals surface area contributed by atoms with Crippen LogP contribution in [0.1, 0.15) is 25.1 Å². The standard InChI is InChI=1S/C15H20BrN3O/c1-11(2)17-7-13-9-19(10-18-13)8-12-4-5-15(20-3)14(16)6-12/h4-6,9-11,17H,7-8H2,1-3H3. The fourth-order valence-electron chi connectivity index (χ4n) is 1.91. The number of methoxy groups -OCH3 is 1. The Morgan fingerprint density at radius 2 is 2.20 bits per heavy atom. The number of ether oxygens (including phenoxy) is 1. The maximum atomic E-state index is 5.23. The van der Waals surface area contributed by atoms with Crippen LogP contribution in [0, 0.1) is 0 Å². The Kier molecular flexibility index (Phi) is 5.20. The first-order valence-corrected chi connectivity index (χ1v) is 7.44. The molecule has 4 nitrogen and oxygen atoms in total. The molecule has 0 amide bonds. The summed E-state index contributed by atoms with van der Waals surface area (Å²) >= 11 is 3.51. The summed E-state index contributed by atoms with van der Waals surface area (Å²) in [5, 5.41) is 3.36. The Labute approximate surface area is 128 Å². The van der Waals surface area contributed by atoms with Crippen molar-refractivity contribution in [1.82, 2.24) is 14.9 Å². The molecule has 2 rings (SSSR count). The molecular formula is C15H20BrN3O. The topological polar surface area (TPSA) is 39.1 Å². The van der Waals surface area contributed by atoms with Gasteiger partial charge in [0.1, 0.15) is 5.75 Å². The molecule has 1 heterocycles. The lowest BCUT2D eigenvalue weighted by atomic mass is 10.2. The maximum absolute atomic E-state index is 5.23. The van der Waals surface area contributed by atoms with E-state index in [1.165, 1.54) is 5.56 Å². The van der Waals surface area contributed by atoms with E-state index in [0.717, 1.165) is 29.0 Å². The molecule has 108 valence electrons. The minimum atomic E-state index is 0.470. The summed E-state index contributed by atoms with van der Waals surface area (Å²) in [7, 11) is 1.67. The van der Waals surface area contributed by atoms with Crippen LogP contribution in [0.15, 0.2) is 35.2 Å². The van der Waals surface area contributed by atoms with Crippen LogP contribution in [0.4, 0.5) is 0 Å². The SMILES string of the molecule is COc1ccc(Cn2cnc(CNC(C)C)c2)cc1Br. The Morgan fingerprint density at radius 3 is 2.85 bits per heavy atom. The Morgan fingerprint density at radius 1 is 1.40 bits per heavy atom. The quantitative estimate of drug-likeness (QED) is 0.879. The van der Waals surface area contributed by atoms with Crippen LogP contribution in [0.25, 0.3) is 0 Å². The van der Waals surface area contributed by atoms with E-state index < -0.39 is 0 Å². The van der Waals surface area contributed by atoms with Crippen LogP contribution in [0.3, 0.4) is 0 Å². The highest BCUT2D eigenvalue weighted by Gasteiger charge is 2.04. The first kappa shape index (κ1) is 15.1. The van der Waals surface area contributed by atoms with Gasteiger partial charge in [-0.15, -0.1) is 0 Å². The van der Waals surface area contributed by atoms with Gasteiger partial charge in [-0.3, -0.25) is 0 Å². The van der Waals surface area contributed by atoms with Crippen molar-refractivity contribution in [2.45, 2.75) is 33.0 Å². The molecule has 0 radical (unpaired) electrons. The summed E-state index contributed by atoms with van der Waals surface area (Å²) in [6.07, 6.45) is 3.95. The first-order valence-electron chi connectivity index (χ1n) is 6.65. The molecule has 0 saturated carbocycles. The minimum Gasteiger partial charge on any atom is -0.496 e. The second-order valence-corrected chi connectivity index (χ2v) is 5.90. The summed E-state index contributed by atoms with van der Waals surface area (Å²) in [5.74, 6) is 0.848. The molecule has 1 aromatic heterocycles. The highest BCUT2D eigenvalue weighted by molar-refractivity contribution is 9.10. The van der Waals surface area contributed by atoms with Crippen molar-refractivity contribution >= 4 is 15.9 Å². The second-order valence-electron chi connectivity index (χ2n) is 5.04. The summed E-state index contributed by atoms with van der Waals surface area (Å²) in [4.78, 5) is 4.40. The highest BCUT2D eigenvalue weighted by atomic mass is 79.9. The number of benzene rings is 1. The largest absolute Gasteiger partial charge is 0.496 e. The molecule has 0 saturated heterocycles. The van der Waals surface area contributed by atoms with E-state index in [-0.39, 0.29) is 0 Å². The van der Waals surface area contributed by atoms with Crippen LogP contribution < -0.4 is 10.1 Å². The van der Waals surface area contributed by atoms with Gasteiger partial charge in [0.05, 0.1) is 23.6 Å². The third kappa shape index (κ3) is 4.08. The van der Waals surface area contributed by atoms with Gasteiger partial charge >= 0.3 is 0 Å². The second kappa shape index (κ2) is 6.90. The van der Waals surface area contributed by atoms with Crippen molar-refractivity contribution in [2.24, 2.45) is 0 Å². The van der Waals surface area contributed by atoms with Gasteiger partial charge in [0.25, 0.3) is 0 Å². The van der Waals surface area contributed by atoms with Gasteiger partial charge in [-0.25, -0.2) is 4.98 Å². The number of nitrogens with zero attached hydrogens (tertiary/aromatic N) is 2. The monoisotopic (exact) mass is 337 g/mol. The summed E-state index contributed by atoms with van der Waals surface area (Å²) in [5.41, 5.74) is 2.27. The maximum Gasteiger partial charge on any atom is 0.133 e. The van der Waals surface area contributed by atoms with E-state index in [1.807, 2.05) is 12.4 Å². The fourth-order valence-corrected chi connectivity index (χ4v) is 2.50. The van der Waals surface area contributed by atoms with E-state index >= 15 is 0 Å². The van der Waals surface area contributed by atoms with Crippen molar-refractivity contribution in [3.05, 3.63) is 46.5 Å². The molecule has 0 spiro atoms. The van der Waals surface area contributed by atoms with Gasteiger partial charge in [0, 0.05) is 25.3 Å². The van der Waals surface area contributed by atoms with Crippen LogP contribution in [0.5, 0.6) is 5.75 Å². The van der Waals surface area contributed by atoms with Crippen molar-refractivity contribution < 1.29 is 4.74 Å². The molecule has 2 aromatic rings. The summed E-state index contributed by atoms with van der Waals surface area (Å²) in [6, 6.07) is 6.58. The normalized spacial score (nSPS) is 11.1. The van der Waals surface area contributed by atoms with Gasteiger partial charge in [0.2, 0.25) is 0 Å². The van der Waals surface area contributed by atoms with E-state index in [0.29, 0.717) is 6.04 Å². The molecule has 1 N–H and O–H groups in total. The minimum absolute atomic E-state index is 0.470. The number of imidazole rings is 1. The zero-order chi connectivity index (χ0) is 14.5. The van der Waals surface area contributed by atoms with Crippen molar-refractivity contribution in [3.8, 4) is 5.75 Å². The molecule has 0 atom stereocenters. The van der Waals surface area contributed by atoms with E-state index in [4.69, 9.17) is 4.74 Å². The first-order chi connectivity index (χ1) is 9.58. The van der Waals surface area contributed by atoms with Crippen LogP contribution in [-0.4, -0.2) is 22.7 Å². The van der Waals surface area contributed by atoms with Crippen LogP contribution >= 0.6 is 15.9 Å². The highest BCUT2D eigenvalue weighted by Crippen LogP contribution is 2.25. The zero-order valence-corrected chi connectivity index (χ0v) is 13.6. The van der Waals surface area contributed by atoms with Gasteiger partial charge in [-0.1, -0.05) is 19.9 Å². The molecule has 0 aliphatic rings. The van der Waals surface area contributed by atoms with Gasteiger partial charge in [-0.05, 0) is 33.6 Å². The lowest BCUT2D eigenvalue weighted by Crippen LogP contribution is -2.21. The summed E-state index contributed by atoms with van der Waals surface area (Å²) in [6.45, 7) is 5.87. The molecule has 0 fully saturated rings. The van der Waals surface area contributed by atoms with E-state index in [9.17, 15) is 0 Å². The lowest BCUT2D eigenvalue weighted by molar-refractivity contribution is 0.412. The molecule has 1 aromatic carbocycles. The van der Waals surface area contributed by atoms with E-state index in [2.05, 4.69) is 63.0 Å². The third-order valence-electron chi connectivity index (χ3n) is 2.96. The number of hydrogen-bond acceptors (Lipinski definition) is 3. The Hall–Kier alpha value is -1.33. The van der Waals surface area contributed by atoms with Crippen LogP contribution in [-0.2, 0) is 13.1 Å². The van der Waals surface area contributed by atoms with Gasteiger partial charge in [0.15, 0.2) is 0 Å². The fraction of sp³-hybridized carbons (Fsp3) is 0.400. The zero-order valence-electron chi connectivity index (χ0n) is 12.1. The Bertz CT molecular complexity index is 566. The van der Waals surface area contributed by atoms with Crippen molar-refractivity contribution in [1.29, 1.82) is 0 Å². The predicted octanol–water partition coefficient (Wildman–Crippen LogP) is 3.20. The van der Waals surface area contributed by atoms with Gasteiger partial charge in [-0.2, -0.15) is 0 Å². The van der Waals surface area contributed by atoms with Crippen molar-refractivity contribution in [2.75, 3.05) is 7.11 Å². The molecule has 0 bridgehead atoms. The molecule has 5 heteroatoms. The third-order valence-corrected chi connectivity index (χ3v) is 3.58. The number of nitrogens with one attached hydrogen (secondary N) is 1. The summed E-state index contributed by atoms with van der Waals surface area (Å²) < 4.78 is 8.29. The predicted molar refractivity (Wildman–Crippen MR) is 84.0 cm³/mol. The molecule has 20 heavy (non-hydrogen) atoms. The van der Waals surface area contributed by atoms with Gasteiger partial charge < -0.3 is 14.6 Å². The van der Waals surface area contributed by atoms with Crippen molar-refractivity contribution in [3.63, 3.8) is 0 Å². The average molecular weight is 338 g/mol. The molecule has 0 aliphatic heterocycles. The number of halogens is 1. The number of rotatable bonds is 6. The Balaban J connectivity index is 2.01. The van der Waals surface area contributed by atoms with Crippen LogP contribution in [0.2, 0.25) is 0 Å². The molecular weight excluding hydrogens is 318 g/mol. The smallest absolute Gasteiger partial charge is 0.133 e. The number of aromatic nitrogens is 2. The van der Waals surface area contributed by atoms with E-state index in [1.54, 1.807) is 7.11 Å².